The number of nitrogens with zero attached hydrogens (tertiary/aromatic N) is 3. The lowest BCUT2D eigenvalue weighted by Crippen LogP contribution is -2.43. The molecule has 1 saturated heterocycles. The first-order valence-corrected chi connectivity index (χ1v) is 13.4. The average molecular weight is 540 g/mol. The number of amides is 1. The first-order chi connectivity index (χ1) is 16.5. The zero-order chi connectivity index (χ0) is 23.9. The monoisotopic (exact) mass is 538 g/mol. The molecule has 1 fully saturated rings. The van der Waals surface area contributed by atoms with E-state index in [0.717, 1.165) is 42.0 Å². The van der Waals surface area contributed by atoms with Gasteiger partial charge in [-0.1, -0.05) is 58.2 Å². The highest BCUT2D eigenvalue weighted by molar-refractivity contribution is 7.98. The van der Waals surface area contributed by atoms with Crippen LogP contribution in [0.3, 0.4) is 0 Å². The molecular formula is C24H25Cl3N4O2S. The van der Waals surface area contributed by atoms with Crippen LogP contribution in [0.2, 0.25) is 15.1 Å². The molecule has 10 heteroatoms. The molecule has 1 unspecified atom stereocenters. The lowest BCUT2D eigenvalue weighted by Gasteiger charge is -2.30. The fourth-order valence-electron chi connectivity index (χ4n) is 3.88. The Bertz CT molecular complexity index is 1130. The van der Waals surface area contributed by atoms with Crippen LogP contribution in [0, 0.1) is 5.92 Å². The number of halogens is 3. The van der Waals surface area contributed by atoms with Crippen LogP contribution in [-0.4, -0.2) is 46.3 Å². The van der Waals surface area contributed by atoms with E-state index >= 15 is 0 Å². The molecular weight excluding hydrogens is 515 g/mol. The lowest BCUT2D eigenvalue weighted by atomic mass is 9.97. The molecule has 1 amide bonds. The molecule has 34 heavy (non-hydrogen) atoms. The maximum Gasteiger partial charge on any atom is 0.241 e. The zero-order valence-corrected chi connectivity index (χ0v) is 21.6. The quantitative estimate of drug-likeness (QED) is 0.338. The average Bonchev–Trinajstić information content (AvgIpc) is 3.29. The lowest BCUT2D eigenvalue weighted by molar-refractivity contribution is -0.126. The van der Waals surface area contributed by atoms with Crippen LogP contribution in [0.15, 0.2) is 47.0 Å². The molecule has 2 aromatic carbocycles. The Kier molecular flexibility index (Phi) is 9.14. The van der Waals surface area contributed by atoms with Crippen molar-refractivity contribution in [2.45, 2.75) is 25.1 Å². The first-order valence-electron chi connectivity index (χ1n) is 11.1. The summed E-state index contributed by atoms with van der Waals surface area (Å²) < 4.78 is 5.43. The third kappa shape index (κ3) is 7.12. The number of thioether (sulfide) groups is 1. The molecule has 0 radical (unpaired) electrons. The van der Waals surface area contributed by atoms with E-state index in [2.05, 4.69) is 20.4 Å². The number of benzene rings is 2. The van der Waals surface area contributed by atoms with Gasteiger partial charge in [-0.3, -0.25) is 9.69 Å². The third-order valence-electron chi connectivity index (χ3n) is 5.58. The summed E-state index contributed by atoms with van der Waals surface area (Å²) in [5.74, 6) is 2.77. The Morgan fingerprint density at radius 2 is 2.06 bits per heavy atom. The minimum atomic E-state index is -0.0378. The van der Waals surface area contributed by atoms with Crippen molar-refractivity contribution in [2.24, 2.45) is 5.92 Å². The molecule has 0 bridgehead atoms. The van der Waals surface area contributed by atoms with Crippen LogP contribution in [0.25, 0.3) is 11.4 Å². The van der Waals surface area contributed by atoms with Gasteiger partial charge in [-0.25, -0.2) is 0 Å². The largest absolute Gasteiger partial charge is 0.355 e. The highest BCUT2D eigenvalue weighted by Gasteiger charge is 2.26. The second-order valence-corrected chi connectivity index (χ2v) is 10.5. The third-order valence-corrected chi connectivity index (χ3v) is 7.59. The summed E-state index contributed by atoms with van der Waals surface area (Å²) in [7, 11) is 0. The van der Waals surface area contributed by atoms with E-state index < -0.39 is 0 Å². The SMILES string of the molecule is O=C(NCCSCc1ccc(Cl)c(Cl)c1)C1CCCN(Cc2nc(-c3cccc(Cl)c3)no2)C1. The molecule has 0 saturated carbocycles. The van der Waals surface area contributed by atoms with E-state index in [0.29, 0.717) is 46.4 Å². The number of hydrogen-bond acceptors (Lipinski definition) is 6. The van der Waals surface area contributed by atoms with Gasteiger partial charge in [0.2, 0.25) is 17.6 Å². The standard InChI is InChI=1S/C24H25Cl3N4O2S/c25-19-5-1-3-17(12-19)23-29-22(33-30-23)14-31-9-2-4-18(13-31)24(32)28-8-10-34-15-16-6-7-20(26)21(27)11-16/h1,3,5-7,11-12,18H,2,4,8-10,13-15H2,(H,28,32). The van der Waals surface area contributed by atoms with Gasteiger partial charge in [0.1, 0.15) is 0 Å². The van der Waals surface area contributed by atoms with Gasteiger partial charge in [0.05, 0.1) is 22.5 Å². The maximum absolute atomic E-state index is 12.7. The first kappa shape index (κ1) is 25.3. The van der Waals surface area contributed by atoms with Crippen LogP contribution in [0.1, 0.15) is 24.3 Å². The molecule has 1 aromatic heterocycles. The van der Waals surface area contributed by atoms with Crippen LogP contribution >= 0.6 is 46.6 Å². The molecule has 1 aliphatic heterocycles. The van der Waals surface area contributed by atoms with E-state index in [1.807, 2.05) is 30.3 Å². The number of carbonyl (C=O) groups is 1. The minimum Gasteiger partial charge on any atom is -0.355 e. The molecule has 1 aliphatic rings. The smallest absolute Gasteiger partial charge is 0.241 e. The van der Waals surface area contributed by atoms with E-state index in [9.17, 15) is 4.79 Å². The van der Waals surface area contributed by atoms with Crippen LogP contribution in [-0.2, 0) is 17.1 Å². The summed E-state index contributed by atoms with van der Waals surface area (Å²) in [5, 5.41) is 8.90. The number of likely N-dealkylation sites (tertiary alicyclic amines) is 1. The van der Waals surface area contributed by atoms with Gasteiger partial charge in [0, 0.05) is 35.2 Å². The van der Waals surface area contributed by atoms with Crippen LogP contribution < -0.4 is 5.32 Å². The number of nitrogens with one attached hydrogen (secondary N) is 1. The van der Waals surface area contributed by atoms with Crippen LogP contribution in [0.5, 0.6) is 0 Å². The van der Waals surface area contributed by atoms with Crippen molar-refractivity contribution in [3.63, 3.8) is 0 Å². The number of carbonyl (C=O) groups excluding carboxylic acids is 1. The summed E-state index contributed by atoms with van der Waals surface area (Å²) in [6.07, 6.45) is 1.84. The second kappa shape index (κ2) is 12.3. The summed E-state index contributed by atoms with van der Waals surface area (Å²) >= 11 is 19.8. The Morgan fingerprint density at radius 1 is 1.18 bits per heavy atom. The number of hydrogen-bond donors (Lipinski definition) is 1. The predicted molar refractivity (Wildman–Crippen MR) is 138 cm³/mol. The highest BCUT2D eigenvalue weighted by atomic mass is 35.5. The molecule has 0 aliphatic carbocycles. The topological polar surface area (TPSA) is 71.3 Å². The maximum atomic E-state index is 12.7. The number of aromatic nitrogens is 2. The predicted octanol–water partition coefficient (Wildman–Crippen LogP) is 5.96. The normalized spacial score (nSPS) is 16.5. The Balaban J connectivity index is 1.19. The molecule has 180 valence electrons. The summed E-state index contributed by atoms with van der Waals surface area (Å²) in [6, 6.07) is 13.0. The van der Waals surface area contributed by atoms with E-state index in [1.165, 1.54) is 0 Å². The summed E-state index contributed by atoms with van der Waals surface area (Å²) in [4.78, 5) is 19.4. The van der Waals surface area contributed by atoms with Gasteiger partial charge in [0.15, 0.2) is 0 Å². The van der Waals surface area contributed by atoms with Gasteiger partial charge in [0.25, 0.3) is 0 Å². The van der Waals surface area contributed by atoms with Gasteiger partial charge in [-0.05, 0) is 49.2 Å². The second-order valence-electron chi connectivity index (χ2n) is 8.19. The molecule has 4 rings (SSSR count). The molecule has 6 nitrogen and oxygen atoms in total. The van der Waals surface area contributed by atoms with Crippen molar-refractivity contribution in [1.82, 2.24) is 20.4 Å². The fourth-order valence-corrected chi connectivity index (χ4v) is 5.20. The molecule has 0 spiro atoms. The van der Waals surface area contributed by atoms with Crippen molar-refractivity contribution in [2.75, 3.05) is 25.4 Å². The zero-order valence-electron chi connectivity index (χ0n) is 18.5. The van der Waals surface area contributed by atoms with Crippen molar-refractivity contribution in [3.8, 4) is 11.4 Å². The Hall–Kier alpha value is -1.77. The van der Waals surface area contributed by atoms with E-state index in [4.69, 9.17) is 39.3 Å². The van der Waals surface area contributed by atoms with Crippen molar-refractivity contribution in [3.05, 3.63) is 69.0 Å². The fraction of sp³-hybridized carbons (Fsp3) is 0.375. The van der Waals surface area contributed by atoms with Crippen molar-refractivity contribution in [1.29, 1.82) is 0 Å². The summed E-state index contributed by atoms with van der Waals surface area (Å²) in [6.45, 7) is 2.74. The van der Waals surface area contributed by atoms with Crippen LogP contribution in [0.4, 0.5) is 0 Å². The molecule has 3 aromatic rings. The number of rotatable bonds is 9. The van der Waals surface area contributed by atoms with Gasteiger partial charge >= 0.3 is 0 Å². The number of piperidine rings is 1. The molecule has 2 heterocycles. The van der Waals surface area contributed by atoms with Crippen molar-refractivity contribution < 1.29 is 9.32 Å². The van der Waals surface area contributed by atoms with Crippen molar-refractivity contribution >= 4 is 52.5 Å². The molecule has 1 N–H and O–H groups in total. The van der Waals surface area contributed by atoms with Gasteiger partial charge in [-0.2, -0.15) is 16.7 Å². The summed E-state index contributed by atoms with van der Waals surface area (Å²) in [5.41, 5.74) is 1.93. The van der Waals surface area contributed by atoms with E-state index in [-0.39, 0.29) is 11.8 Å². The Labute approximate surface area is 218 Å². The van der Waals surface area contributed by atoms with Gasteiger partial charge < -0.3 is 9.84 Å². The van der Waals surface area contributed by atoms with E-state index in [1.54, 1.807) is 23.9 Å². The highest BCUT2D eigenvalue weighted by Crippen LogP contribution is 2.25. The van der Waals surface area contributed by atoms with Gasteiger partial charge in [-0.15, -0.1) is 0 Å². The molecule has 1 atom stereocenters. The Morgan fingerprint density at radius 3 is 2.88 bits per heavy atom. The minimum absolute atomic E-state index is 0.0378.